The predicted octanol–water partition coefficient (Wildman–Crippen LogP) is 2.66. The van der Waals surface area contributed by atoms with Crippen LogP contribution in [-0.4, -0.2) is 23.0 Å². The summed E-state index contributed by atoms with van der Waals surface area (Å²) in [7, 11) is 0. The van der Waals surface area contributed by atoms with Crippen LogP contribution in [0.3, 0.4) is 0 Å². The van der Waals surface area contributed by atoms with Crippen LogP contribution in [0.15, 0.2) is 0 Å². The highest BCUT2D eigenvalue weighted by Crippen LogP contribution is 2.24. The zero-order chi connectivity index (χ0) is 8.48. The van der Waals surface area contributed by atoms with Crippen molar-refractivity contribution in [1.29, 1.82) is 0 Å². The van der Waals surface area contributed by atoms with E-state index in [1.807, 2.05) is 0 Å². The van der Waals surface area contributed by atoms with E-state index in [2.05, 4.69) is 32.6 Å². The monoisotopic (exact) mass is 155 g/mol. The molecule has 1 saturated heterocycles. The highest BCUT2D eigenvalue weighted by Gasteiger charge is 2.27. The first-order valence-electron chi connectivity index (χ1n) is 4.78. The van der Waals surface area contributed by atoms with Crippen molar-refractivity contribution >= 4 is 0 Å². The van der Waals surface area contributed by atoms with Crippen LogP contribution in [-0.2, 0) is 0 Å². The average Bonchev–Trinajstić information content (AvgIpc) is 1.86. The third-order valence-electron chi connectivity index (χ3n) is 2.66. The maximum atomic E-state index is 2.62. The van der Waals surface area contributed by atoms with Gasteiger partial charge in [-0.2, -0.15) is 0 Å². The lowest BCUT2D eigenvalue weighted by Crippen LogP contribution is -2.49. The maximum absolute atomic E-state index is 2.62. The standard InChI is InChI=1S/C10H21N/c1-9-7-5-6-8-11(9)10(2,3)4/h9H,5-8H2,1-4H3. The van der Waals surface area contributed by atoms with Crippen molar-refractivity contribution < 1.29 is 0 Å². The summed E-state index contributed by atoms with van der Waals surface area (Å²) in [5, 5.41) is 0. The summed E-state index contributed by atoms with van der Waals surface area (Å²) in [6, 6.07) is 0.795. The second-order valence-electron chi connectivity index (χ2n) is 4.71. The second-order valence-corrected chi connectivity index (χ2v) is 4.71. The maximum Gasteiger partial charge on any atom is 0.0127 e. The molecule has 1 atom stereocenters. The molecule has 66 valence electrons. The lowest BCUT2D eigenvalue weighted by atomic mass is 9.96. The third kappa shape index (κ3) is 2.19. The normalized spacial score (nSPS) is 28.9. The SMILES string of the molecule is CC1CCCCN1C(C)(C)C. The quantitative estimate of drug-likeness (QED) is 0.520. The molecule has 0 spiro atoms. The van der Waals surface area contributed by atoms with Crippen molar-refractivity contribution in [3.05, 3.63) is 0 Å². The Morgan fingerprint density at radius 1 is 1.18 bits per heavy atom. The number of rotatable bonds is 0. The van der Waals surface area contributed by atoms with E-state index < -0.39 is 0 Å². The van der Waals surface area contributed by atoms with Crippen LogP contribution in [0.25, 0.3) is 0 Å². The molecule has 1 aliphatic heterocycles. The molecule has 1 heterocycles. The Labute approximate surface area is 70.8 Å². The van der Waals surface area contributed by atoms with E-state index in [1.54, 1.807) is 0 Å². The molecule has 0 aromatic heterocycles. The van der Waals surface area contributed by atoms with Gasteiger partial charge in [0.1, 0.15) is 0 Å². The van der Waals surface area contributed by atoms with E-state index in [-0.39, 0.29) is 0 Å². The fourth-order valence-electron chi connectivity index (χ4n) is 2.09. The number of hydrogen-bond donors (Lipinski definition) is 0. The summed E-state index contributed by atoms with van der Waals surface area (Å²) < 4.78 is 0. The molecule has 0 aromatic rings. The van der Waals surface area contributed by atoms with Gasteiger partial charge in [-0.05, 0) is 47.1 Å². The van der Waals surface area contributed by atoms with E-state index in [4.69, 9.17) is 0 Å². The molecule has 1 unspecified atom stereocenters. The zero-order valence-corrected chi connectivity index (χ0v) is 8.35. The van der Waals surface area contributed by atoms with Crippen molar-refractivity contribution in [2.24, 2.45) is 0 Å². The minimum absolute atomic E-state index is 0.375. The largest absolute Gasteiger partial charge is 0.296 e. The smallest absolute Gasteiger partial charge is 0.0127 e. The van der Waals surface area contributed by atoms with E-state index in [1.165, 1.54) is 25.8 Å². The molecule has 0 N–H and O–H groups in total. The molecular weight excluding hydrogens is 134 g/mol. The average molecular weight is 155 g/mol. The van der Waals surface area contributed by atoms with Crippen LogP contribution in [0, 0.1) is 0 Å². The van der Waals surface area contributed by atoms with Crippen LogP contribution in [0.5, 0.6) is 0 Å². The zero-order valence-electron chi connectivity index (χ0n) is 8.35. The Kier molecular flexibility index (Phi) is 2.58. The van der Waals surface area contributed by atoms with Gasteiger partial charge in [0.25, 0.3) is 0 Å². The number of likely N-dealkylation sites (tertiary alicyclic amines) is 1. The molecule has 0 amide bonds. The first-order valence-corrected chi connectivity index (χ1v) is 4.78. The molecule has 0 saturated carbocycles. The van der Waals surface area contributed by atoms with Gasteiger partial charge >= 0.3 is 0 Å². The fourth-order valence-corrected chi connectivity index (χ4v) is 2.09. The van der Waals surface area contributed by atoms with Crippen LogP contribution < -0.4 is 0 Å². The number of nitrogens with zero attached hydrogens (tertiary/aromatic N) is 1. The highest BCUT2D eigenvalue weighted by atomic mass is 15.2. The van der Waals surface area contributed by atoms with Gasteiger partial charge < -0.3 is 0 Å². The van der Waals surface area contributed by atoms with Crippen molar-refractivity contribution in [2.75, 3.05) is 6.54 Å². The van der Waals surface area contributed by atoms with E-state index in [9.17, 15) is 0 Å². The van der Waals surface area contributed by atoms with Crippen LogP contribution in [0.1, 0.15) is 47.0 Å². The van der Waals surface area contributed by atoms with Crippen molar-refractivity contribution in [3.63, 3.8) is 0 Å². The summed E-state index contributed by atoms with van der Waals surface area (Å²) in [5.74, 6) is 0. The van der Waals surface area contributed by atoms with Gasteiger partial charge in [-0.3, -0.25) is 4.90 Å². The highest BCUT2D eigenvalue weighted by molar-refractivity contribution is 4.83. The van der Waals surface area contributed by atoms with Crippen molar-refractivity contribution in [3.8, 4) is 0 Å². The van der Waals surface area contributed by atoms with Crippen molar-refractivity contribution in [2.45, 2.75) is 58.5 Å². The number of hydrogen-bond acceptors (Lipinski definition) is 1. The summed E-state index contributed by atoms with van der Waals surface area (Å²) >= 11 is 0. The second kappa shape index (κ2) is 3.14. The van der Waals surface area contributed by atoms with Crippen LogP contribution in [0.4, 0.5) is 0 Å². The Hall–Kier alpha value is -0.0400. The Morgan fingerprint density at radius 2 is 1.82 bits per heavy atom. The summed E-state index contributed by atoms with van der Waals surface area (Å²) in [6.45, 7) is 10.6. The van der Waals surface area contributed by atoms with Crippen molar-refractivity contribution in [1.82, 2.24) is 4.90 Å². The third-order valence-corrected chi connectivity index (χ3v) is 2.66. The first kappa shape index (κ1) is 9.05. The molecule has 1 fully saturated rings. The topological polar surface area (TPSA) is 3.24 Å². The lowest BCUT2D eigenvalue weighted by Gasteiger charge is -2.43. The van der Waals surface area contributed by atoms with Crippen LogP contribution in [0.2, 0.25) is 0 Å². The van der Waals surface area contributed by atoms with E-state index in [0.717, 1.165) is 6.04 Å². The molecule has 1 rings (SSSR count). The Bertz CT molecular complexity index is 123. The lowest BCUT2D eigenvalue weighted by molar-refractivity contribution is 0.0609. The molecule has 1 nitrogen and oxygen atoms in total. The Balaban J connectivity index is 2.55. The minimum atomic E-state index is 0.375. The van der Waals surface area contributed by atoms with Gasteiger partial charge in [-0.1, -0.05) is 6.42 Å². The molecule has 0 aromatic carbocycles. The van der Waals surface area contributed by atoms with E-state index >= 15 is 0 Å². The van der Waals surface area contributed by atoms with Gasteiger partial charge in [0.15, 0.2) is 0 Å². The molecule has 1 heteroatoms. The predicted molar refractivity (Wildman–Crippen MR) is 49.8 cm³/mol. The summed E-state index contributed by atoms with van der Waals surface area (Å²) in [4.78, 5) is 2.62. The van der Waals surface area contributed by atoms with Gasteiger partial charge in [0, 0.05) is 11.6 Å². The van der Waals surface area contributed by atoms with Crippen LogP contribution >= 0.6 is 0 Å². The van der Waals surface area contributed by atoms with Gasteiger partial charge in [-0.25, -0.2) is 0 Å². The van der Waals surface area contributed by atoms with Gasteiger partial charge in [0.05, 0.1) is 0 Å². The molecule has 0 bridgehead atoms. The minimum Gasteiger partial charge on any atom is -0.296 e. The molecule has 0 aliphatic carbocycles. The first-order chi connectivity index (χ1) is 5.02. The molecule has 11 heavy (non-hydrogen) atoms. The molecular formula is C10H21N. The molecule has 1 aliphatic rings. The van der Waals surface area contributed by atoms with Gasteiger partial charge in [0.2, 0.25) is 0 Å². The van der Waals surface area contributed by atoms with E-state index in [0.29, 0.717) is 5.54 Å². The van der Waals surface area contributed by atoms with Gasteiger partial charge in [-0.15, -0.1) is 0 Å². The Morgan fingerprint density at radius 3 is 2.18 bits per heavy atom. The molecule has 0 radical (unpaired) electrons. The fraction of sp³-hybridized carbons (Fsp3) is 1.00. The summed E-state index contributed by atoms with van der Waals surface area (Å²) in [5.41, 5.74) is 0.375. The summed E-state index contributed by atoms with van der Waals surface area (Å²) in [6.07, 6.45) is 4.20. The number of piperidine rings is 1.